The highest BCUT2D eigenvalue weighted by Crippen LogP contribution is 2.38. The lowest BCUT2D eigenvalue weighted by atomic mass is 10.0. The maximum atomic E-state index is 12.7. The average Bonchev–Trinajstić information content (AvgIpc) is 2.65. The summed E-state index contributed by atoms with van der Waals surface area (Å²) in [4.78, 5) is 12.7. The van der Waals surface area contributed by atoms with Gasteiger partial charge in [0.25, 0.3) is 5.91 Å². The van der Waals surface area contributed by atoms with Crippen molar-refractivity contribution in [3.05, 3.63) is 53.6 Å². The quantitative estimate of drug-likeness (QED) is 0.843. The third kappa shape index (κ3) is 3.79. The van der Waals surface area contributed by atoms with Gasteiger partial charge in [0.05, 0.1) is 27.4 Å². The summed E-state index contributed by atoms with van der Waals surface area (Å²) in [5, 5.41) is 3.05. The van der Waals surface area contributed by atoms with Gasteiger partial charge in [-0.2, -0.15) is 0 Å². The van der Waals surface area contributed by atoms with E-state index in [0.29, 0.717) is 22.8 Å². The molecule has 5 nitrogen and oxygen atoms in total. The smallest absolute Gasteiger partial charge is 0.252 e. The van der Waals surface area contributed by atoms with Crippen LogP contribution in [0.2, 0.25) is 0 Å². The first-order valence-electron chi connectivity index (χ1n) is 7.80. The molecule has 0 saturated carbocycles. The van der Waals surface area contributed by atoms with Gasteiger partial charge in [-0.25, -0.2) is 0 Å². The molecule has 1 atom stereocenters. The van der Waals surface area contributed by atoms with Crippen molar-refractivity contribution in [3.8, 4) is 17.2 Å². The van der Waals surface area contributed by atoms with E-state index in [4.69, 9.17) is 14.2 Å². The molecule has 24 heavy (non-hydrogen) atoms. The fourth-order valence-corrected chi connectivity index (χ4v) is 2.56. The van der Waals surface area contributed by atoms with Crippen molar-refractivity contribution in [3.63, 3.8) is 0 Å². The number of benzene rings is 2. The number of hydrogen-bond acceptors (Lipinski definition) is 4. The molecule has 2 aromatic rings. The Morgan fingerprint density at radius 3 is 2.04 bits per heavy atom. The van der Waals surface area contributed by atoms with Gasteiger partial charge in [0.15, 0.2) is 11.5 Å². The van der Waals surface area contributed by atoms with Gasteiger partial charge in [0, 0.05) is 5.56 Å². The van der Waals surface area contributed by atoms with Crippen LogP contribution in [0.15, 0.2) is 42.5 Å². The molecule has 0 fully saturated rings. The predicted octanol–water partition coefficient (Wildman–Crippen LogP) is 3.59. The minimum Gasteiger partial charge on any atom is -0.493 e. The number of methoxy groups -OCH3 is 3. The maximum Gasteiger partial charge on any atom is 0.252 e. The molecule has 0 aromatic heterocycles. The fraction of sp³-hybridized carbons (Fsp3) is 0.316. The molecule has 0 bridgehead atoms. The molecule has 0 saturated heterocycles. The molecule has 1 unspecified atom stereocenters. The van der Waals surface area contributed by atoms with E-state index >= 15 is 0 Å². The van der Waals surface area contributed by atoms with Crippen LogP contribution in [0.1, 0.15) is 35.3 Å². The standard InChI is InChI=1S/C19H23NO4/c1-5-15(13-9-7-6-8-10-13)20-19(21)14-11-16(22-2)18(24-4)17(12-14)23-3/h6-12,15H,5H2,1-4H3,(H,20,21). The van der Waals surface area contributed by atoms with Crippen molar-refractivity contribution in [2.75, 3.05) is 21.3 Å². The number of hydrogen-bond donors (Lipinski definition) is 1. The lowest BCUT2D eigenvalue weighted by Gasteiger charge is -2.19. The Morgan fingerprint density at radius 1 is 1.00 bits per heavy atom. The van der Waals surface area contributed by atoms with Crippen LogP contribution in [-0.2, 0) is 0 Å². The highest BCUT2D eigenvalue weighted by molar-refractivity contribution is 5.95. The van der Waals surface area contributed by atoms with Crippen LogP contribution in [0, 0.1) is 0 Å². The van der Waals surface area contributed by atoms with Gasteiger partial charge in [-0.15, -0.1) is 0 Å². The molecule has 2 aromatic carbocycles. The van der Waals surface area contributed by atoms with Gasteiger partial charge in [-0.05, 0) is 24.1 Å². The molecule has 1 N–H and O–H groups in total. The minimum absolute atomic E-state index is 0.0576. The van der Waals surface area contributed by atoms with Crippen LogP contribution < -0.4 is 19.5 Å². The molecule has 0 aliphatic carbocycles. The van der Waals surface area contributed by atoms with E-state index in [1.807, 2.05) is 37.3 Å². The summed E-state index contributed by atoms with van der Waals surface area (Å²) in [5.74, 6) is 1.18. The van der Waals surface area contributed by atoms with E-state index in [9.17, 15) is 4.79 Å². The highest BCUT2D eigenvalue weighted by Gasteiger charge is 2.19. The molecular weight excluding hydrogens is 306 g/mol. The zero-order valence-corrected chi connectivity index (χ0v) is 14.5. The predicted molar refractivity (Wildman–Crippen MR) is 93.0 cm³/mol. The van der Waals surface area contributed by atoms with Gasteiger partial charge >= 0.3 is 0 Å². The molecule has 1 amide bonds. The third-order valence-corrected chi connectivity index (χ3v) is 3.84. The largest absolute Gasteiger partial charge is 0.493 e. The fourth-order valence-electron chi connectivity index (χ4n) is 2.56. The van der Waals surface area contributed by atoms with Crippen LogP contribution in [-0.4, -0.2) is 27.2 Å². The van der Waals surface area contributed by atoms with Crippen LogP contribution in [0.5, 0.6) is 17.2 Å². The maximum absolute atomic E-state index is 12.7. The molecular formula is C19H23NO4. The molecule has 0 aliphatic heterocycles. The molecule has 0 spiro atoms. The Bertz CT molecular complexity index is 660. The Kier molecular flexibility index (Phi) is 6.07. The first kappa shape index (κ1) is 17.7. The number of carbonyl (C=O) groups is 1. The van der Waals surface area contributed by atoms with Gasteiger partial charge in [0.1, 0.15) is 0 Å². The van der Waals surface area contributed by atoms with E-state index < -0.39 is 0 Å². The topological polar surface area (TPSA) is 56.8 Å². The van der Waals surface area contributed by atoms with Gasteiger partial charge < -0.3 is 19.5 Å². The summed E-state index contributed by atoms with van der Waals surface area (Å²) in [6, 6.07) is 13.1. The van der Waals surface area contributed by atoms with Crippen molar-refractivity contribution in [2.24, 2.45) is 0 Å². The van der Waals surface area contributed by atoms with E-state index in [1.54, 1.807) is 12.1 Å². The second kappa shape index (κ2) is 8.24. The van der Waals surface area contributed by atoms with Crippen LogP contribution in [0.3, 0.4) is 0 Å². The summed E-state index contributed by atoms with van der Waals surface area (Å²) in [7, 11) is 4.58. The third-order valence-electron chi connectivity index (χ3n) is 3.84. The molecule has 0 radical (unpaired) electrons. The minimum atomic E-state index is -0.190. The highest BCUT2D eigenvalue weighted by atomic mass is 16.5. The van der Waals surface area contributed by atoms with Crippen LogP contribution >= 0.6 is 0 Å². The van der Waals surface area contributed by atoms with Gasteiger partial charge in [-0.1, -0.05) is 37.3 Å². The Hall–Kier alpha value is -2.69. The van der Waals surface area contributed by atoms with Gasteiger partial charge in [0.2, 0.25) is 5.75 Å². The van der Waals surface area contributed by atoms with E-state index in [2.05, 4.69) is 5.32 Å². The second-order valence-corrected chi connectivity index (χ2v) is 5.26. The zero-order valence-electron chi connectivity index (χ0n) is 14.5. The molecule has 0 heterocycles. The van der Waals surface area contributed by atoms with Crippen molar-refractivity contribution in [1.82, 2.24) is 5.32 Å². The number of rotatable bonds is 7. The number of amides is 1. The summed E-state index contributed by atoms with van der Waals surface area (Å²) < 4.78 is 15.9. The summed E-state index contributed by atoms with van der Waals surface area (Å²) in [6.07, 6.45) is 0.792. The first-order valence-corrected chi connectivity index (χ1v) is 7.80. The zero-order chi connectivity index (χ0) is 17.5. The number of nitrogens with one attached hydrogen (secondary N) is 1. The van der Waals surface area contributed by atoms with Crippen LogP contribution in [0.25, 0.3) is 0 Å². The Morgan fingerprint density at radius 2 is 1.58 bits per heavy atom. The molecule has 5 heteroatoms. The van der Waals surface area contributed by atoms with Crippen LogP contribution in [0.4, 0.5) is 0 Å². The molecule has 128 valence electrons. The Labute approximate surface area is 142 Å². The average molecular weight is 329 g/mol. The summed E-state index contributed by atoms with van der Waals surface area (Å²) >= 11 is 0. The molecule has 0 aliphatic rings. The summed E-state index contributed by atoms with van der Waals surface area (Å²) in [5.41, 5.74) is 1.53. The van der Waals surface area contributed by atoms with E-state index in [1.165, 1.54) is 21.3 Å². The number of carbonyl (C=O) groups excluding carboxylic acids is 1. The summed E-state index contributed by atoms with van der Waals surface area (Å²) in [6.45, 7) is 2.03. The lowest BCUT2D eigenvalue weighted by Crippen LogP contribution is -2.28. The first-order chi connectivity index (χ1) is 11.6. The van der Waals surface area contributed by atoms with E-state index in [-0.39, 0.29) is 11.9 Å². The molecule has 2 rings (SSSR count). The van der Waals surface area contributed by atoms with E-state index in [0.717, 1.165) is 12.0 Å². The van der Waals surface area contributed by atoms with Gasteiger partial charge in [-0.3, -0.25) is 4.79 Å². The lowest BCUT2D eigenvalue weighted by molar-refractivity contribution is 0.0934. The van der Waals surface area contributed by atoms with Crippen molar-refractivity contribution in [2.45, 2.75) is 19.4 Å². The van der Waals surface area contributed by atoms with Crippen molar-refractivity contribution < 1.29 is 19.0 Å². The van der Waals surface area contributed by atoms with Crippen molar-refractivity contribution >= 4 is 5.91 Å². The normalized spacial score (nSPS) is 11.5. The SMILES string of the molecule is CCC(NC(=O)c1cc(OC)c(OC)c(OC)c1)c1ccccc1. The second-order valence-electron chi connectivity index (χ2n) is 5.26. The van der Waals surface area contributed by atoms with Crippen molar-refractivity contribution in [1.29, 1.82) is 0 Å². The monoisotopic (exact) mass is 329 g/mol. The number of ether oxygens (including phenoxy) is 3. The Balaban J connectivity index is 2.29.